The zero-order valence-corrected chi connectivity index (χ0v) is 13.2. The zero-order chi connectivity index (χ0) is 17.2. The molecule has 1 atom stereocenters. The molecule has 122 valence electrons. The molecular formula is C19H18N2O3. The number of phenols is 1. The van der Waals surface area contributed by atoms with Crippen LogP contribution in [0.5, 0.6) is 5.75 Å². The van der Waals surface area contributed by atoms with Gasteiger partial charge in [0.25, 0.3) is 5.91 Å². The van der Waals surface area contributed by atoms with Crippen molar-refractivity contribution in [3.8, 4) is 5.75 Å². The number of aromatic hydroxyl groups is 1. The van der Waals surface area contributed by atoms with Gasteiger partial charge in [-0.1, -0.05) is 42.5 Å². The molecule has 0 unspecified atom stereocenters. The van der Waals surface area contributed by atoms with E-state index < -0.39 is 11.5 Å². The van der Waals surface area contributed by atoms with E-state index in [2.05, 4.69) is 10.3 Å². The summed E-state index contributed by atoms with van der Waals surface area (Å²) in [4.78, 5) is 16.5. The first-order chi connectivity index (χ1) is 11.5. The lowest BCUT2D eigenvalue weighted by Crippen LogP contribution is -2.38. The molecule has 24 heavy (non-hydrogen) atoms. The van der Waals surface area contributed by atoms with Gasteiger partial charge in [-0.25, -0.2) is 0 Å². The first kappa shape index (κ1) is 16.0. The lowest BCUT2D eigenvalue weighted by atomic mass is 9.96. The van der Waals surface area contributed by atoms with Crippen molar-refractivity contribution < 1.29 is 15.0 Å². The quantitative estimate of drug-likeness (QED) is 0.689. The minimum absolute atomic E-state index is 0.0234. The second kappa shape index (κ2) is 6.29. The number of aliphatic hydroxyl groups is 1. The smallest absolute Gasteiger partial charge is 0.255 e. The van der Waals surface area contributed by atoms with Gasteiger partial charge in [0.15, 0.2) is 5.75 Å². The molecule has 1 aromatic heterocycles. The van der Waals surface area contributed by atoms with E-state index in [4.69, 9.17) is 0 Å². The SMILES string of the molecule is C[C@](O)(CNC(=O)c1ccc2cccnc2c1O)c1ccccc1. The predicted molar refractivity (Wildman–Crippen MR) is 91.8 cm³/mol. The van der Waals surface area contributed by atoms with Crippen molar-refractivity contribution in [3.63, 3.8) is 0 Å². The van der Waals surface area contributed by atoms with Gasteiger partial charge in [-0.3, -0.25) is 9.78 Å². The first-order valence-corrected chi connectivity index (χ1v) is 7.62. The minimum Gasteiger partial charge on any atom is -0.505 e. The third kappa shape index (κ3) is 3.07. The van der Waals surface area contributed by atoms with E-state index >= 15 is 0 Å². The number of fused-ring (bicyclic) bond motifs is 1. The van der Waals surface area contributed by atoms with Crippen LogP contribution in [-0.4, -0.2) is 27.6 Å². The second-order valence-electron chi connectivity index (χ2n) is 5.86. The Bertz CT molecular complexity index is 876. The van der Waals surface area contributed by atoms with Gasteiger partial charge in [-0.05, 0) is 24.6 Å². The largest absolute Gasteiger partial charge is 0.505 e. The summed E-state index contributed by atoms with van der Waals surface area (Å²) in [6.07, 6.45) is 1.56. The number of carbonyl (C=O) groups excluding carboxylic acids is 1. The van der Waals surface area contributed by atoms with Crippen molar-refractivity contribution >= 4 is 16.8 Å². The molecule has 0 bridgehead atoms. The number of nitrogens with one attached hydrogen (secondary N) is 1. The third-order valence-corrected chi connectivity index (χ3v) is 3.98. The number of carbonyl (C=O) groups is 1. The lowest BCUT2D eigenvalue weighted by Gasteiger charge is -2.24. The van der Waals surface area contributed by atoms with E-state index in [1.54, 1.807) is 43.5 Å². The summed E-state index contributed by atoms with van der Waals surface area (Å²) >= 11 is 0. The topological polar surface area (TPSA) is 82.5 Å². The molecule has 0 spiro atoms. The van der Waals surface area contributed by atoms with Crippen LogP contribution in [0.4, 0.5) is 0 Å². The molecule has 5 heteroatoms. The van der Waals surface area contributed by atoms with Gasteiger partial charge in [0.05, 0.1) is 12.1 Å². The summed E-state index contributed by atoms with van der Waals surface area (Å²) in [7, 11) is 0. The second-order valence-corrected chi connectivity index (χ2v) is 5.86. The number of hydrogen-bond donors (Lipinski definition) is 3. The molecule has 0 aliphatic carbocycles. The lowest BCUT2D eigenvalue weighted by molar-refractivity contribution is 0.0525. The molecule has 1 amide bonds. The van der Waals surface area contributed by atoms with Gasteiger partial charge in [-0.15, -0.1) is 0 Å². The number of pyridine rings is 1. The average molecular weight is 322 g/mol. The van der Waals surface area contributed by atoms with Crippen LogP contribution >= 0.6 is 0 Å². The summed E-state index contributed by atoms with van der Waals surface area (Å²) in [5.74, 6) is -0.624. The normalized spacial score (nSPS) is 13.4. The predicted octanol–water partition coefficient (Wildman–Crippen LogP) is 2.58. The van der Waals surface area contributed by atoms with Crippen molar-refractivity contribution in [1.82, 2.24) is 10.3 Å². The number of aromatic nitrogens is 1. The molecule has 0 fully saturated rings. The van der Waals surface area contributed by atoms with E-state index in [1.807, 2.05) is 24.3 Å². The standard InChI is InChI=1S/C19H18N2O3/c1-19(24,14-7-3-2-4-8-14)12-21-18(23)15-10-9-13-6-5-11-20-16(13)17(15)22/h2-11,22,24H,12H2,1H3,(H,21,23)/t19-/m0/s1. The Morgan fingerprint density at radius 2 is 1.88 bits per heavy atom. The monoisotopic (exact) mass is 322 g/mol. The van der Waals surface area contributed by atoms with Gasteiger partial charge in [0, 0.05) is 11.6 Å². The molecule has 0 saturated carbocycles. The highest BCUT2D eigenvalue weighted by Gasteiger charge is 2.24. The van der Waals surface area contributed by atoms with E-state index in [9.17, 15) is 15.0 Å². The number of rotatable bonds is 4. The van der Waals surface area contributed by atoms with Crippen LogP contribution in [0.1, 0.15) is 22.8 Å². The molecule has 5 nitrogen and oxygen atoms in total. The molecule has 3 rings (SSSR count). The Morgan fingerprint density at radius 3 is 2.62 bits per heavy atom. The van der Waals surface area contributed by atoms with Crippen LogP contribution in [-0.2, 0) is 5.60 Å². The van der Waals surface area contributed by atoms with Crippen LogP contribution in [0.15, 0.2) is 60.8 Å². The Balaban J connectivity index is 1.79. The molecule has 0 radical (unpaired) electrons. The molecule has 0 aliphatic heterocycles. The van der Waals surface area contributed by atoms with Crippen LogP contribution in [0.3, 0.4) is 0 Å². The van der Waals surface area contributed by atoms with Gasteiger partial charge in [0.2, 0.25) is 0 Å². The summed E-state index contributed by atoms with van der Waals surface area (Å²) in [6, 6.07) is 15.9. The summed E-state index contributed by atoms with van der Waals surface area (Å²) in [5, 5.41) is 24.2. The maximum atomic E-state index is 12.4. The van der Waals surface area contributed by atoms with Crippen LogP contribution in [0.25, 0.3) is 10.9 Å². The van der Waals surface area contributed by atoms with Crippen molar-refractivity contribution in [1.29, 1.82) is 0 Å². The number of amides is 1. The van der Waals surface area contributed by atoms with E-state index in [0.29, 0.717) is 11.1 Å². The molecule has 3 N–H and O–H groups in total. The van der Waals surface area contributed by atoms with Gasteiger partial charge >= 0.3 is 0 Å². The Kier molecular flexibility index (Phi) is 4.18. The highest BCUT2D eigenvalue weighted by atomic mass is 16.3. The minimum atomic E-state index is -1.21. The van der Waals surface area contributed by atoms with E-state index in [1.165, 1.54) is 0 Å². The molecule has 1 heterocycles. The van der Waals surface area contributed by atoms with E-state index in [0.717, 1.165) is 5.39 Å². The fourth-order valence-corrected chi connectivity index (χ4v) is 2.56. The van der Waals surface area contributed by atoms with Crippen LogP contribution < -0.4 is 5.32 Å². The average Bonchev–Trinajstić information content (AvgIpc) is 2.61. The highest BCUT2D eigenvalue weighted by molar-refractivity contribution is 6.02. The van der Waals surface area contributed by atoms with Gasteiger partial charge < -0.3 is 15.5 Å². The van der Waals surface area contributed by atoms with Crippen molar-refractivity contribution in [2.24, 2.45) is 0 Å². The summed E-state index contributed by atoms with van der Waals surface area (Å²) in [5.41, 5.74) is 0.00138. The molecule has 0 saturated heterocycles. The number of benzene rings is 2. The van der Waals surface area contributed by atoms with Crippen LogP contribution in [0.2, 0.25) is 0 Å². The number of phenolic OH excluding ortho intramolecular Hbond substituents is 1. The number of hydrogen-bond acceptors (Lipinski definition) is 4. The Morgan fingerprint density at radius 1 is 1.12 bits per heavy atom. The molecule has 0 aliphatic rings. The maximum Gasteiger partial charge on any atom is 0.255 e. The first-order valence-electron chi connectivity index (χ1n) is 7.62. The van der Waals surface area contributed by atoms with Gasteiger partial charge in [0.1, 0.15) is 11.1 Å². The van der Waals surface area contributed by atoms with Gasteiger partial charge in [-0.2, -0.15) is 0 Å². The highest BCUT2D eigenvalue weighted by Crippen LogP contribution is 2.27. The Labute approximate surface area is 139 Å². The van der Waals surface area contributed by atoms with Crippen molar-refractivity contribution in [2.75, 3.05) is 6.54 Å². The fraction of sp³-hybridized carbons (Fsp3) is 0.158. The van der Waals surface area contributed by atoms with Crippen LogP contribution in [0, 0.1) is 0 Å². The fourth-order valence-electron chi connectivity index (χ4n) is 2.56. The molecular weight excluding hydrogens is 304 g/mol. The van der Waals surface area contributed by atoms with Crippen molar-refractivity contribution in [2.45, 2.75) is 12.5 Å². The van der Waals surface area contributed by atoms with E-state index in [-0.39, 0.29) is 17.9 Å². The number of nitrogens with zero attached hydrogens (tertiary/aromatic N) is 1. The summed E-state index contributed by atoms with van der Waals surface area (Å²) in [6.45, 7) is 1.65. The summed E-state index contributed by atoms with van der Waals surface area (Å²) < 4.78 is 0. The zero-order valence-electron chi connectivity index (χ0n) is 13.2. The molecule has 2 aromatic carbocycles. The maximum absolute atomic E-state index is 12.4. The third-order valence-electron chi connectivity index (χ3n) is 3.98. The molecule has 3 aromatic rings. The Hall–Kier alpha value is -2.92. The van der Waals surface area contributed by atoms with Crippen molar-refractivity contribution in [3.05, 3.63) is 71.9 Å².